The molecule has 0 saturated heterocycles. The SMILES string of the molecule is c1ccc(-c2nc(-c3cccc(-n4c5ccccc5c5ccc6oc7ccccc7c6c54)c3)nc3c2sc2ccccc23)cc1. The Morgan fingerprint density at radius 3 is 2.22 bits per heavy atom. The molecule has 45 heavy (non-hydrogen) atoms. The van der Waals surface area contributed by atoms with Gasteiger partial charge in [-0.25, -0.2) is 9.97 Å². The molecule has 0 amide bonds. The van der Waals surface area contributed by atoms with Gasteiger partial charge in [0.05, 0.1) is 32.3 Å². The normalized spacial score (nSPS) is 12.0. The zero-order valence-corrected chi connectivity index (χ0v) is 24.8. The molecular formula is C40H23N3OS. The summed E-state index contributed by atoms with van der Waals surface area (Å²) >= 11 is 1.76. The van der Waals surface area contributed by atoms with Crippen LogP contribution < -0.4 is 0 Å². The third-order valence-corrected chi connectivity index (χ3v) is 9.97. The van der Waals surface area contributed by atoms with Crippen LogP contribution in [0.5, 0.6) is 0 Å². The Labute approximate surface area is 261 Å². The maximum atomic E-state index is 6.33. The van der Waals surface area contributed by atoms with Gasteiger partial charge >= 0.3 is 0 Å². The van der Waals surface area contributed by atoms with Gasteiger partial charge in [0.1, 0.15) is 11.2 Å². The van der Waals surface area contributed by atoms with Crippen LogP contribution in [0.25, 0.3) is 92.4 Å². The molecule has 6 aromatic carbocycles. The Balaban J connectivity index is 1.27. The lowest BCUT2D eigenvalue weighted by atomic mass is 10.1. The van der Waals surface area contributed by atoms with E-state index < -0.39 is 0 Å². The monoisotopic (exact) mass is 593 g/mol. The van der Waals surface area contributed by atoms with Crippen LogP contribution in [0.4, 0.5) is 0 Å². The van der Waals surface area contributed by atoms with Gasteiger partial charge in [-0.2, -0.15) is 0 Å². The van der Waals surface area contributed by atoms with Crippen molar-refractivity contribution < 1.29 is 4.42 Å². The second-order valence-corrected chi connectivity index (χ2v) is 12.4. The first kappa shape index (κ1) is 24.6. The summed E-state index contributed by atoms with van der Waals surface area (Å²) in [6.45, 7) is 0. The highest BCUT2D eigenvalue weighted by Gasteiger charge is 2.20. The molecule has 0 bridgehead atoms. The molecule has 0 N–H and O–H groups in total. The van der Waals surface area contributed by atoms with Crippen LogP contribution in [0.15, 0.2) is 144 Å². The Morgan fingerprint density at radius 2 is 1.31 bits per heavy atom. The molecule has 0 atom stereocenters. The third kappa shape index (κ3) is 3.59. The van der Waals surface area contributed by atoms with Gasteiger partial charge in [-0.15, -0.1) is 11.3 Å². The minimum Gasteiger partial charge on any atom is -0.456 e. The zero-order chi connectivity index (χ0) is 29.5. The lowest BCUT2D eigenvalue weighted by Gasteiger charge is -2.11. The first-order valence-corrected chi connectivity index (χ1v) is 15.8. The molecule has 10 aromatic rings. The van der Waals surface area contributed by atoms with Crippen LogP contribution >= 0.6 is 11.3 Å². The first-order valence-electron chi connectivity index (χ1n) is 15.0. The summed E-state index contributed by atoms with van der Waals surface area (Å²) in [7, 11) is 0. The zero-order valence-electron chi connectivity index (χ0n) is 23.9. The highest BCUT2D eigenvalue weighted by molar-refractivity contribution is 7.26. The molecule has 0 radical (unpaired) electrons. The molecule has 0 aliphatic heterocycles. The molecule has 5 heteroatoms. The Kier molecular flexibility index (Phi) is 5.12. The Bertz CT molecular complexity index is 2770. The largest absolute Gasteiger partial charge is 0.456 e. The summed E-state index contributed by atoms with van der Waals surface area (Å²) in [5.74, 6) is 0.714. The van der Waals surface area contributed by atoms with E-state index in [0.717, 1.165) is 71.1 Å². The number of aromatic nitrogens is 3. The van der Waals surface area contributed by atoms with Crippen LogP contribution in [0.3, 0.4) is 0 Å². The van der Waals surface area contributed by atoms with Gasteiger partial charge in [-0.3, -0.25) is 0 Å². The fourth-order valence-corrected chi connectivity index (χ4v) is 7.98. The van der Waals surface area contributed by atoms with Crippen molar-refractivity contribution >= 4 is 75.4 Å². The average molecular weight is 594 g/mol. The van der Waals surface area contributed by atoms with Crippen molar-refractivity contribution in [2.45, 2.75) is 0 Å². The molecule has 4 aromatic heterocycles. The highest BCUT2D eigenvalue weighted by atomic mass is 32.1. The number of rotatable bonds is 3. The molecule has 0 saturated carbocycles. The maximum Gasteiger partial charge on any atom is 0.160 e. The Morgan fingerprint density at radius 1 is 0.556 bits per heavy atom. The van der Waals surface area contributed by atoms with Crippen LogP contribution in [-0.4, -0.2) is 14.5 Å². The highest BCUT2D eigenvalue weighted by Crippen LogP contribution is 2.42. The number of fused-ring (bicyclic) bond motifs is 10. The van der Waals surface area contributed by atoms with Crippen LogP contribution in [0.2, 0.25) is 0 Å². The molecule has 4 nitrogen and oxygen atoms in total. The second-order valence-electron chi connectivity index (χ2n) is 11.4. The third-order valence-electron chi connectivity index (χ3n) is 8.80. The summed E-state index contributed by atoms with van der Waals surface area (Å²) in [5.41, 5.74) is 9.13. The number of furan rings is 1. The van der Waals surface area contributed by atoms with E-state index in [1.807, 2.05) is 18.2 Å². The minimum atomic E-state index is 0.714. The molecule has 0 aliphatic rings. The predicted octanol–water partition coefficient (Wildman–Crippen LogP) is 11.2. The molecule has 10 rings (SSSR count). The quantitative estimate of drug-likeness (QED) is 0.205. The van der Waals surface area contributed by atoms with Crippen LogP contribution in [-0.2, 0) is 0 Å². The van der Waals surface area contributed by atoms with E-state index >= 15 is 0 Å². The molecule has 210 valence electrons. The van der Waals surface area contributed by atoms with Crippen LogP contribution in [0, 0.1) is 0 Å². The van der Waals surface area contributed by atoms with Crippen molar-refractivity contribution in [2.75, 3.05) is 0 Å². The molecule has 4 heterocycles. The van der Waals surface area contributed by atoms with Gasteiger partial charge in [-0.05, 0) is 42.5 Å². The van der Waals surface area contributed by atoms with Crippen LogP contribution in [0.1, 0.15) is 0 Å². The summed E-state index contributed by atoms with van der Waals surface area (Å²) in [6.07, 6.45) is 0. The van der Waals surface area contributed by atoms with E-state index in [1.54, 1.807) is 11.3 Å². The lowest BCUT2D eigenvalue weighted by molar-refractivity contribution is 0.669. The van der Waals surface area contributed by atoms with Crippen molar-refractivity contribution in [1.82, 2.24) is 14.5 Å². The molecule has 0 unspecified atom stereocenters. The predicted molar refractivity (Wildman–Crippen MR) is 187 cm³/mol. The number of nitrogens with zero attached hydrogens (tertiary/aromatic N) is 3. The molecule has 0 aliphatic carbocycles. The first-order chi connectivity index (χ1) is 22.3. The number of hydrogen-bond acceptors (Lipinski definition) is 4. The molecular weight excluding hydrogens is 571 g/mol. The van der Waals surface area contributed by atoms with Crippen molar-refractivity contribution in [3.63, 3.8) is 0 Å². The summed E-state index contributed by atoms with van der Waals surface area (Å²) in [6, 6.07) is 48.8. The average Bonchev–Trinajstić information content (AvgIpc) is 3.78. The van der Waals surface area contributed by atoms with Crippen molar-refractivity contribution in [2.24, 2.45) is 0 Å². The number of benzene rings is 6. The Hall–Kier alpha value is -5.78. The second kappa shape index (κ2) is 9.36. The van der Waals surface area contributed by atoms with E-state index in [4.69, 9.17) is 14.4 Å². The van der Waals surface area contributed by atoms with Gasteiger partial charge in [0.15, 0.2) is 5.82 Å². The van der Waals surface area contributed by atoms with Gasteiger partial charge in [0.2, 0.25) is 0 Å². The smallest absolute Gasteiger partial charge is 0.160 e. The number of hydrogen-bond donors (Lipinski definition) is 0. The van der Waals surface area contributed by atoms with E-state index in [9.17, 15) is 0 Å². The van der Waals surface area contributed by atoms with Crippen molar-refractivity contribution in [3.05, 3.63) is 140 Å². The number of thiophene rings is 1. The van der Waals surface area contributed by atoms with Gasteiger partial charge in [-0.1, -0.05) is 97.1 Å². The summed E-state index contributed by atoms with van der Waals surface area (Å²) < 4.78 is 11.0. The van der Waals surface area contributed by atoms with Crippen molar-refractivity contribution in [3.8, 4) is 28.3 Å². The fraction of sp³-hybridized carbons (Fsp3) is 0. The number of para-hydroxylation sites is 2. The fourth-order valence-electron chi connectivity index (χ4n) is 6.83. The van der Waals surface area contributed by atoms with E-state index in [-0.39, 0.29) is 0 Å². The van der Waals surface area contributed by atoms with E-state index in [0.29, 0.717) is 5.82 Å². The van der Waals surface area contributed by atoms with Crippen molar-refractivity contribution in [1.29, 1.82) is 0 Å². The van der Waals surface area contributed by atoms with Gasteiger partial charge in [0, 0.05) is 43.1 Å². The maximum absolute atomic E-state index is 6.33. The summed E-state index contributed by atoms with van der Waals surface area (Å²) in [5, 5.41) is 5.80. The van der Waals surface area contributed by atoms with Gasteiger partial charge in [0.25, 0.3) is 0 Å². The standard InChI is InChI=1S/C40H23N3OS/c1-2-11-24(12-3-1)36-39-37(30-17-6-9-20-34(30)45-39)42-40(41-36)25-13-10-14-26(23-25)43-31-18-7-4-15-27(31)28-21-22-33-35(38(28)43)29-16-5-8-19-32(29)44-33/h1-23H. The van der Waals surface area contributed by atoms with E-state index in [2.05, 4.69) is 126 Å². The molecule has 0 fully saturated rings. The van der Waals surface area contributed by atoms with E-state index in [1.165, 1.54) is 15.5 Å². The molecule has 0 spiro atoms. The minimum absolute atomic E-state index is 0.714. The topological polar surface area (TPSA) is 43.9 Å². The summed E-state index contributed by atoms with van der Waals surface area (Å²) in [4.78, 5) is 10.5. The lowest BCUT2D eigenvalue weighted by Crippen LogP contribution is -1.97. The van der Waals surface area contributed by atoms with Gasteiger partial charge < -0.3 is 8.98 Å².